The van der Waals surface area contributed by atoms with Gasteiger partial charge in [-0.25, -0.2) is 4.79 Å². The summed E-state index contributed by atoms with van der Waals surface area (Å²) in [6, 6.07) is 12.5. The van der Waals surface area contributed by atoms with Gasteiger partial charge < -0.3 is 24.4 Å². The standard InChI is InChI=1S/C28H34N2O6/c1-5-29(6-2)17-8-18-30-24(19-9-11-21(12-10-19)28(34)35-4)23(26(32)27(30)33)25(31)20-13-15-22(16-14-20)36-7-3/h9-16,24,31H,5-8,17-18H2,1-4H3/b25-23+. The van der Waals surface area contributed by atoms with E-state index in [1.165, 1.54) is 12.0 Å². The first kappa shape index (κ1) is 26.9. The lowest BCUT2D eigenvalue weighted by molar-refractivity contribution is -0.140. The normalized spacial score (nSPS) is 17.0. The minimum Gasteiger partial charge on any atom is -0.507 e. The predicted octanol–water partition coefficient (Wildman–Crippen LogP) is 4.03. The third-order valence-corrected chi connectivity index (χ3v) is 6.39. The molecule has 8 heteroatoms. The number of rotatable bonds is 11. The number of esters is 1. The van der Waals surface area contributed by atoms with E-state index in [1.807, 2.05) is 6.92 Å². The highest BCUT2D eigenvalue weighted by Crippen LogP contribution is 2.39. The second-order valence-corrected chi connectivity index (χ2v) is 8.44. The smallest absolute Gasteiger partial charge is 0.337 e. The summed E-state index contributed by atoms with van der Waals surface area (Å²) in [6.07, 6.45) is 0.675. The molecule has 1 N–H and O–H groups in total. The van der Waals surface area contributed by atoms with Crippen molar-refractivity contribution in [3.05, 3.63) is 70.8 Å². The second-order valence-electron chi connectivity index (χ2n) is 8.44. The monoisotopic (exact) mass is 494 g/mol. The van der Waals surface area contributed by atoms with Gasteiger partial charge in [-0.05, 0) is 74.9 Å². The highest BCUT2D eigenvalue weighted by atomic mass is 16.5. The SMILES string of the molecule is CCOc1ccc(/C(O)=C2\C(=O)C(=O)N(CCCN(CC)CC)C2c2ccc(C(=O)OC)cc2)cc1. The molecule has 1 saturated heterocycles. The molecule has 0 radical (unpaired) electrons. The van der Waals surface area contributed by atoms with Crippen molar-refractivity contribution in [1.82, 2.24) is 9.80 Å². The predicted molar refractivity (Wildman–Crippen MR) is 137 cm³/mol. The average molecular weight is 495 g/mol. The van der Waals surface area contributed by atoms with E-state index < -0.39 is 23.7 Å². The van der Waals surface area contributed by atoms with Crippen LogP contribution in [0.15, 0.2) is 54.1 Å². The van der Waals surface area contributed by atoms with Crippen molar-refractivity contribution in [2.75, 3.05) is 39.9 Å². The van der Waals surface area contributed by atoms with Crippen LogP contribution in [0.25, 0.3) is 5.76 Å². The van der Waals surface area contributed by atoms with Crippen LogP contribution in [0.1, 0.15) is 54.7 Å². The molecule has 0 aromatic heterocycles. The van der Waals surface area contributed by atoms with Crippen molar-refractivity contribution in [3.8, 4) is 5.75 Å². The van der Waals surface area contributed by atoms with E-state index in [4.69, 9.17) is 9.47 Å². The number of Topliss-reactive ketones (excluding diaryl/α,β-unsaturated/α-hetero) is 1. The molecule has 8 nitrogen and oxygen atoms in total. The number of benzene rings is 2. The van der Waals surface area contributed by atoms with Crippen LogP contribution in [0.5, 0.6) is 5.75 Å². The molecule has 1 unspecified atom stereocenters. The number of carbonyl (C=O) groups is 3. The third kappa shape index (κ3) is 5.76. The van der Waals surface area contributed by atoms with E-state index in [-0.39, 0.29) is 11.3 Å². The fourth-order valence-electron chi connectivity index (χ4n) is 4.41. The van der Waals surface area contributed by atoms with Gasteiger partial charge in [0.05, 0.1) is 30.9 Å². The lowest BCUT2D eigenvalue weighted by Gasteiger charge is -2.27. The number of ether oxygens (including phenoxy) is 2. The molecule has 0 aliphatic carbocycles. The summed E-state index contributed by atoms with van der Waals surface area (Å²) in [4.78, 5) is 42.0. The number of likely N-dealkylation sites (tertiary alicyclic amines) is 1. The van der Waals surface area contributed by atoms with E-state index in [0.29, 0.717) is 42.0 Å². The van der Waals surface area contributed by atoms with Crippen molar-refractivity contribution >= 4 is 23.4 Å². The van der Waals surface area contributed by atoms with Crippen LogP contribution in [0.4, 0.5) is 0 Å². The lowest BCUT2D eigenvalue weighted by atomic mass is 9.94. The van der Waals surface area contributed by atoms with Crippen molar-refractivity contribution in [1.29, 1.82) is 0 Å². The molecule has 0 spiro atoms. The van der Waals surface area contributed by atoms with Gasteiger partial charge in [0, 0.05) is 12.1 Å². The number of aliphatic hydroxyl groups excluding tert-OH is 1. The molecule has 3 rings (SSSR count). The Bertz CT molecular complexity index is 1100. The minimum absolute atomic E-state index is 0.0258. The quantitative estimate of drug-likeness (QED) is 0.218. The summed E-state index contributed by atoms with van der Waals surface area (Å²) < 4.78 is 10.2. The van der Waals surface area contributed by atoms with Gasteiger partial charge in [-0.15, -0.1) is 0 Å². The van der Waals surface area contributed by atoms with E-state index in [1.54, 1.807) is 48.5 Å². The Morgan fingerprint density at radius 2 is 1.58 bits per heavy atom. The Kier molecular flexibility index (Phi) is 9.25. The first-order chi connectivity index (χ1) is 17.4. The van der Waals surface area contributed by atoms with E-state index >= 15 is 0 Å². The molecule has 1 amide bonds. The van der Waals surface area contributed by atoms with Crippen LogP contribution >= 0.6 is 0 Å². The number of nitrogens with zero attached hydrogens (tertiary/aromatic N) is 2. The molecule has 1 aliphatic rings. The van der Waals surface area contributed by atoms with Crippen LogP contribution < -0.4 is 4.74 Å². The highest BCUT2D eigenvalue weighted by molar-refractivity contribution is 6.46. The van der Waals surface area contributed by atoms with Gasteiger partial charge in [-0.3, -0.25) is 9.59 Å². The molecule has 36 heavy (non-hydrogen) atoms. The zero-order valence-corrected chi connectivity index (χ0v) is 21.3. The molecule has 1 aliphatic heterocycles. The fourth-order valence-corrected chi connectivity index (χ4v) is 4.41. The number of carbonyl (C=O) groups excluding carboxylic acids is 3. The second kappa shape index (κ2) is 12.4. The van der Waals surface area contributed by atoms with Crippen molar-refractivity contribution in [2.24, 2.45) is 0 Å². The van der Waals surface area contributed by atoms with Crippen molar-refractivity contribution in [2.45, 2.75) is 33.2 Å². The Morgan fingerprint density at radius 1 is 0.972 bits per heavy atom. The summed E-state index contributed by atoms with van der Waals surface area (Å²) in [5.41, 5.74) is 1.41. The zero-order chi connectivity index (χ0) is 26.2. The summed E-state index contributed by atoms with van der Waals surface area (Å²) in [5, 5.41) is 11.2. The molecule has 0 saturated carbocycles. The third-order valence-electron chi connectivity index (χ3n) is 6.39. The van der Waals surface area contributed by atoms with Gasteiger partial charge in [0.2, 0.25) is 0 Å². The van der Waals surface area contributed by atoms with Gasteiger partial charge >= 0.3 is 5.97 Å². The van der Waals surface area contributed by atoms with Gasteiger partial charge in [-0.1, -0.05) is 26.0 Å². The van der Waals surface area contributed by atoms with E-state index in [9.17, 15) is 19.5 Å². The van der Waals surface area contributed by atoms with Crippen LogP contribution in [0.3, 0.4) is 0 Å². The van der Waals surface area contributed by atoms with Crippen LogP contribution in [0.2, 0.25) is 0 Å². The lowest BCUT2D eigenvalue weighted by Crippen LogP contribution is -2.33. The molecular formula is C28H34N2O6. The summed E-state index contributed by atoms with van der Waals surface area (Å²) in [7, 11) is 1.30. The number of aliphatic hydroxyl groups is 1. The maximum absolute atomic E-state index is 13.2. The molecular weight excluding hydrogens is 460 g/mol. The average Bonchev–Trinajstić information content (AvgIpc) is 3.16. The highest BCUT2D eigenvalue weighted by Gasteiger charge is 2.45. The Morgan fingerprint density at radius 3 is 2.14 bits per heavy atom. The summed E-state index contributed by atoms with van der Waals surface area (Å²) in [5.74, 6) is -1.47. The fraction of sp³-hybridized carbons (Fsp3) is 0.393. The van der Waals surface area contributed by atoms with Crippen LogP contribution in [0, 0.1) is 0 Å². The number of amides is 1. The Hall–Kier alpha value is -3.65. The molecule has 1 heterocycles. The number of ketones is 1. The van der Waals surface area contributed by atoms with Gasteiger partial charge in [0.15, 0.2) is 0 Å². The minimum atomic E-state index is -0.778. The number of methoxy groups -OCH3 is 1. The Labute approximate surface area is 212 Å². The summed E-state index contributed by atoms with van der Waals surface area (Å²) >= 11 is 0. The summed E-state index contributed by atoms with van der Waals surface area (Å²) in [6.45, 7) is 9.46. The maximum atomic E-state index is 13.2. The largest absolute Gasteiger partial charge is 0.507 e. The van der Waals surface area contributed by atoms with E-state index in [2.05, 4.69) is 18.7 Å². The molecule has 192 valence electrons. The molecule has 2 aromatic rings. The van der Waals surface area contributed by atoms with Gasteiger partial charge in [-0.2, -0.15) is 0 Å². The Balaban J connectivity index is 2.02. The van der Waals surface area contributed by atoms with Crippen molar-refractivity contribution < 1.29 is 29.0 Å². The van der Waals surface area contributed by atoms with Crippen LogP contribution in [-0.4, -0.2) is 72.5 Å². The number of hydrogen-bond donors (Lipinski definition) is 1. The first-order valence-corrected chi connectivity index (χ1v) is 12.3. The van der Waals surface area contributed by atoms with Crippen LogP contribution in [-0.2, 0) is 14.3 Å². The molecule has 2 aromatic carbocycles. The van der Waals surface area contributed by atoms with E-state index in [0.717, 1.165) is 19.6 Å². The first-order valence-electron chi connectivity index (χ1n) is 12.3. The number of hydrogen-bond acceptors (Lipinski definition) is 7. The molecule has 0 bridgehead atoms. The van der Waals surface area contributed by atoms with Gasteiger partial charge in [0.25, 0.3) is 11.7 Å². The topological polar surface area (TPSA) is 96.4 Å². The zero-order valence-electron chi connectivity index (χ0n) is 21.3. The van der Waals surface area contributed by atoms with Crippen molar-refractivity contribution in [3.63, 3.8) is 0 Å². The van der Waals surface area contributed by atoms with Gasteiger partial charge in [0.1, 0.15) is 11.5 Å². The maximum Gasteiger partial charge on any atom is 0.337 e. The molecule has 1 atom stereocenters. The molecule has 1 fully saturated rings.